The van der Waals surface area contributed by atoms with E-state index in [1.165, 1.54) is 32.1 Å². The molecule has 0 spiro atoms. The molecule has 0 amide bonds. The predicted octanol–water partition coefficient (Wildman–Crippen LogP) is 2.19. The lowest BCUT2D eigenvalue weighted by Crippen LogP contribution is -2.21. The highest BCUT2D eigenvalue weighted by molar-refractivity contribution is 5.83. The normalized spacial score (nSPS) is 35.3. The zero-order valence-electron chi connectivity index (χ0n) is 8.50. The van der Waals surface area contributed by atoms with E-state index >= 15 is 0 Å². The number of aliphatic imine (C=N–C) groups is 1. The lowest BCUT2D eigenvalue weighted by Gasteiger charge is -2.07. The van der Waals surface area contributed by atoms with Crippen LogP contribution in [-0.2, 0) is 0 Å². The first-order valence-corrected chi connectivity index (χ1v) is 5.57. The van der Waals surface area contributed by atoms with Gasteiger partial charge in [0.2, 0.25) is 0 Å². The summed E-state index contributed by atoms with van der Waals surface area (Å²) < 4.78 is 0. The Morgan fingerprint density at radius 3 is 2.54 bits per heavy atom. The Hall–Kier alpha value is -0.530. The maximum Gasteiger partial charge on any atom is 0.0968 e. The highest BCUT2D eigenvalue weighted by Crippen LogP contribution is 2.37. The fraction of sp³-hybridized carbons (Fsp3) is 0.909. The molecule has 74 valence electrons. The summed E-state index contributed by atoms with van der Waals surface area (Å²) in [7, 11) is 0. The average Bonchev–Trinajstić information content (AvgIpc) is 2.67. The zero-order chi connectivity index (χ0) is 9.26. The number of rotatable bonds is 3. The molecule has 2 aliphatic rings. The van der Waals surface area contributed by atoms with E-state index in [1.807, 2.05) is 0 Å². The monoisotopic (exact) mass is 180 g/mol. The fourth-order valence-corrected chi connectivity index (χ4v) is 2.23. The van der Waals surface area contributed by atoms with E-state index < -0.39 is 0 Å². The van der Waals surface area contributed by atoms with Crippen molar-refractivity contribution in [1.82, 2.24) is 0 Å². The number of hydrogen-bond donors (Lipinski definition) is 1. The third-order valence-corrected chi connectivity index (χ3v) is 3.56. The van der Waals surface area contributed by atoms with Gasteiger partial charge in [0.15, 0.2) is 0 Å². The van der Waals surface area contributed by atoms with E-state index in [-0.39, 0.29) is 0 Å². The highest BCUT2D eigenvalue weighted by Gasteiger charge is 2.32. The molecule has 2 unspecified atom stereocenters. The van der Waals surface area contributed by atoms with Gasteiger partial charge < -0.3 is 5.73 Å². The van der Waals surface area contributed by atoms with Crippen LogP contribution in [0, 0.1) is 17.8 Å². The molecular formula is C11H20N2. The van der Waals surface area contributed by atoms with Gasteiger partial charge in [0.25, 0.3) is 0 Å². The van der Waals surface area contributed by atoms with Crippen LogP contribution in [0.25, 0.3) is 0 Å². The Bertz CT molecular complexity index is 204. The smallest absolute Gasteiger partial charge is 0.0968 e. The summed E-state index contributed by atoms with van der Waals surface area (Å²) in [4.78, 5) is 4.51. The van der Waals surface area contributed by atoms with E-state index in [4.69, 9.17) is 5.73 Å². The standard InChI is InChI=1S/C11H20N2/c1-8-6-10(8)7-13-11(12)9-4-2-3-5-9/h8-10H,2-7H2,1H3,(H2,12,13). The predicted molar refractivity (Wildman–Crippen MR) is 55.7 cm³/mol. The second kappa shape index (κ2) is 3.69. The van der Waals surface area contributed by atoms with Crippen molar-refractivity contribution in [2.24, 2.45) is 28.5 Å². The number of amidine groups is 1. The summed E-state index contributed by atoms with van der Waals surface area (Å²) in [6.45, 7) is 3.29. The second-order valence-corrected chi connectivity index (χ2v) is 4.72. The summed E-state index contributed by atoms with van der Waals surface area (Å²) in [5.74, 6) is 3.31. The van der Waals surface area contributed by atoms with Gasteiger partial charge in [-0.15, -0.1) is 0 Å². The van der Waals surface area contributed by atoms with Gasteiger partial charge in [-0.3, -0.25) is 4.99 Å². The summed E-state index contributed by atoms with van der Waals surface area (Å²) in [6, 6.07) is 0. The maximum atomic E-state index is 5.95. The van der Waals surface area contributed by atoms with Crippen LogP contribution in [0.5, 0.6) is 0 Å². The van der Waals surface area contributed by atoms with Crippen LogP contribution in [0.1, 0.15) is 39.0 Å². The molecule has 2 heteroatoms. The van der Waals surface area contributed by atoms with Crippen molar-refractivity contribution in [3.8, 4) is 0 Å². The second-order valence-electron chi connectivity index (χ2n) is 4.72. The van der Waals surface area contributed by atoms with Crippen LogP contribution >= 0.6 is 0 Å². The van der Waals surface area contributed by atoms with Crippen molar-refractivity contribution in [2.45, 2.75) is 39.0 Å². The Kier molecular flexibility index (Phi) is 2.56. The molecule has 2 rings (SSSR count). The molecule has 0 saturated heterocycles. The van der Waals surface area contributed by atoms with Crippen LogP contribution in [0.3, 0.4) is 0 Å². The molecule has 2 fully saturated rings. The van der Waals surface area contributed by atoms with Gasteiger partial charge in [-0.1, -0.05) is 19.8 Å². The maximum absolute atomic E-state index is 5.95. The minimum Gasteiger partial charge on any atom is -0.387 e. The van der Waals surface area contributed by atoms with Crippen molar-refractivity contribution in [2.75, 3.05) is 6.54 Å². The average molecular weight is 180 g/mol. The van der Waals surface area contributed by atoms with Crippen molar-refractivity contribution >= 4 is 5.84 Å². The third kappa shape index (κ3) is 2.23. The van der Waals surface area contributed by atoms with E-state index in [2.05, 4.69) is 11.9 Å². The summed E-state index contributed by atoms with van der Waals surface area (Å²) in [5, 5.41) is 0. The quantitative estimate of drug-likeness (QED) is 0.524. The molecule has 2 saturated carbocycles. The summed E-state index contributed by atoms with van der Waals surface area (Å²) >= 11 is 0. The van der Waals surface area contributed by atoms with E-state index in [1.54, 1.807) is 0 Å². The lowest BCUT2D eigenvalue weighted by molar-refractivity contribution is 0.700. The van der Waals surface area contributed by atoms with Crippen LogP contribution in [0.2, 0.25) is 0 Å². The lowest BCUT2D eigenvalue weighted by atomic mass is 10.1. The number of nitrogens with two attached hydrogens (primary N) is 1. The molecule has 2 nitrogen and oxygen atoms in total. The first kappa shape index (κ1) is 9.04. The van der Waals surface area contributed by atoms with Gasteiger partial charge in [-0.05, 0) is 31.1 Å². The van der Waals surface area contributed by atoms with E-state index in [0.29, 0.717) is 5.92 Å². The van der Waals surface area contributed by atoms with Gasteiger partial charge in [-0.2, -0.15) is 0 Å². The van der Waals surface area contributed by atoms with Crippen molar-refractivity contribution in [3.05, 3.63) is 0 Å². The SMILES string of the molecule is CC1CC1CN=C(N)C1CCCC1. The Morgan fingerprint density at radius 2 is 2.00 bits per heavy atom. The zero-order valence-corrected chi connectivity index (χ0v) is 8.50. The minimum atomic E-state index is 0.619. The van der Waals surface area contributed by atoms with Gasteiger partial charge in [0.05, 0.1) is 5.84 Å². The molecule has 2 atom stereocenters. The Labute approximate surface area is 80.6 Å². The Morgan fingerprint density at radius 1 is 1.38 bits per heavy atom. The third-order valence-electron chi connectivity index (χ3n) is 3.56. The molecule has 2 N–H and O–H groups in total. The van der Waals surface area contributed by atoms with E-state index in [0.717, 1.165) is 24.2 Å². The van der Waals surface area contributed by atoms with Gasteiger partial charge in [-0.25, -0.2) is 0 Å². The molecule has 0 aromatic heterocycles. The van der Waals surface area contributed by atoms with Crippen molar-refractivity contribution < 1.29 is 0 Å². The molecule has 0 heterocycles. The highest BCUT2D eigenvalue weighted by atomic mass is 14.9. The molecular weight excluding hydrogens is 160 g/mol. The number of nitrogens with zero attached hydrogens (tertiary/aromatic N) is 1. The van der Waals surface area contributed by atoms with Crippen molar-refractivity contribution in [3.63, 3.8) is 0 Å². The molecule has 2 aliphatic carbocycles. The summed E-state index contributed by atoms with van der Waals surface area (Å²) in [6.07, 6.45) is 6.61. The largest absolute Gasteiger partial charge is 0.387 e. The molecule has 0 aliphatic heterocycles. The minimum absolute atomic E-state index is 0.619. The van der Waals surface area contributed by atoms with Crippen LogP contribution in [0.15, 0.2) is 4.99 Å². The molecule has 0 radical (unpaired) electrons. The molecule has 0 aromatic rings. The molecule has 13 heavy (non-hydrogen) atoms. The van der Waals surface area contributed by atoms with Gasteiger partial charge >= 0.3 is 0 Å². The van der Waals surface area contributed by atoms with E-state index in [9.17, 15) is 0 Å². The van der Waals surface area contributed by atoms with Crippen molar-refractivity contribution in [1.29, 1.82) is 0 Å². The Balaban J connectivity index is 1.77. The number of hydrogen-bond acceptors (Lipinski definition) is 1. The first-order chi connectivity index (χ1) is 6.27. The van der Waals surface area contributed by atoms with Gasteiger partial charge in [0, 0.05) is 12.5 Å². The topological polar surface area (TPSA) is 38.4 Å². The van der Waals surface area contributed by atoms with Crippen LogP contribution in [0.4, 0.5) is 0 Å². The van der Waals surface area contributed by atoms with Crippen LogP contribution < -0.4 is 5.73 Å². The first-order valence-electron chi connectivity index (χ1n) is 5.57. The molecule has 0 aromatic carbocycles. The van der Waals surface area contributed by atoms with Crippen LogP contribution in [-0.4, -0.2) is 12.4 Å². The summed E-state index contributed by atoms with van der Waals surface area (Å²) in [5.41, 5.74) is 5.95. The molecule has 0 bridgehead atoms. The fourth-order valence-electron chi connectivity index (χ4n) is 2.23. The van der Waals surface area contributed by atoms with Gasteiger partial charge in [0.1, 0.15) is 0 Å².